The number of carbonyl (C=O) groups is 1. The Bertz CT molecular complexity index is 519. The average molecular weight is 286 g/mol. The number of aryl methyl sites for hydroxylation is 2. The highest BCUT2D eigenvalue weighted by Crippen LogP contribution is 2.46. The monoisotopic (exact) mass is 286 g/mol. The van der Waals surface area contributed by atoms with Gasteiger partial charge in [-0.3, -0.25) is 4.79 Å². The quantitative estimate of drug-likeness (QED) is 0.648. The Balaban J connectivity index is 2.52. The van der Waals surface area contributed by atoms with Crippen molar-refractivity contribution in [1.29, 1.82) is 0 Å². The molecule has 1 aliphatic carbocycles. The van der Waals surface area contributed by atoms with Crippen LogP contribution in [0.1, 0.15) is 78.6 Å². The van der Waals surface area contributed by atoms with Crippen molar-refractivity contribution < 1.29 is 4.79 Å². The first-order valence-corrected chi connectivity index (χ1v) is 8.41. The van der Waals surface area contributed by atoms with Crippen molar-refractivity contribution in [1.82, 2.24) is 0 Å². The van der Waals surface area contributed by atoms with Crippen LogP contribution in [-0.4, -0.2) is 5.78 Å². The lowest BCUT2D eigenvalue weighted by atomic mass is 9.71. The second-order valence-corrected chi connectivity index (χ2v) is 7.55. The lowest BCUT2D eigenvalue weighted by Crippen LogP contribution is -2.31. The van der Waals surface area contributed by atoms with Crippen LogP contribution in [-0.2, 0) is 0 Å². The van der Waals surface area contributed by atoms with E-state index in [-0.39, 0.29) is 5.41 Å². The van der Waals surface area contributed by atoms with Gasteiger partial charge in [-0.05, 0) is 75.1 Å². The van der Waals surface area contributed by atoms with Crippen LogP contribution in [0.5, 0.6) is 0 Å². The highest BCUT2D eigenvalue weighted by Gasteiger charge is 2.42. The topological polar surface area (TPSA) is 17.1 Å². The molecule has 1 nitrogen and oxygen atoms in total. The van der Waals surface area contributed by atoms with Crippen LogP contribution in [0.2, 0.25) is 0 Å². The fourth-order valence-electron chi connectivity index (χ4n) is 4.18. The molecule has 1 saturated carbocycles. The van der Waals surface area contributed by atoms with E-state index in [1.807, 2.05) is 0 Å². The first kappa shape index (κ1) is 16.3. The summed E-state index contributed by atoms with van der Waals surface area (Å²) in [5.41, 5.74) is 5.81. The van der Waals surface area contributed by atoms with Crippen LogP contribution in [0.15, 0.2) is 6.07 Å². The van der Waals surface area contributed by atoms with E-state index >= 15 is 0 Å². The molecule has 0 aliphatic heterocycles. The van der Waals surface area contributed by atoms with Gasteiger partial charge in [-0.1, -0.05) is 32.8 Å². The minimum absolute atomic E-state index is 0.0933. The van der Waals surface area contributed by atoms with Gasteiger partial charge < -0.3 is 0 Å². The molecule has 0 amide bonds. The highest BCUT2D eigenvalue weighted by atomic mass is 16.1. The molecule has 0 radical (unpaired) electrons. The molecule has 21 heavy (non-hydrogen) atoms. The Morgan fingerprint density at radius 1 is 1.05 bits per heavy atom. The number of rotatable bonds is 4. The van der Waals surface area contributed by atoms with Crippen molar-refractivity contribution >= 4 is 5.78 Å². The molecule has 1 heteroatoms. The minimum atomic E-state index is -0.0933. The van der Waals surface area contributed by atoms with Crippen LogP contribution in [0.4, 0.5) is 0 Å². The summed E-state index contributed by atoms with van der Waals surface area (Å²) in [4.78, 5) is 13.5. The van der Waals surface area contributed by atoms with Gasteiger partial charge in [-0.2, -0.15) is 0 Å². The van der Waals surface area contributed by atoms with Crippen molar-refractivity contribution in [2.75, 3.05) is 0 Å². The maximum atomic E-state index is 13.5. The third-order valence-electron chi connectivity index (χ3n) is 5.43. The molecule has 2 rings (SSSR count). The summed E-state index contributed by atoms with van der Waals surface area (Å²) in [5, 5.41) is 0. The summed E-state index contributed by atoms with van der Waals surface area (Å²) in [6.07, 6.45) is 5.62. The third-order valence-corrected chi connectivity index (χ3v) is 5.43. The molecule has 0 heterocycles. The molecule has 1 aromatic carbocycles. The SMILES string of the molecule is Cc1cc(C)c(C)c(C(=O)C2(CC(C)C)CCCC2)c1C. The summed E-state index contributed by atoms with van der Waals surface area (Å²) in [5.74, 6) is 1.01. The second kappa shape index (κ2) is 5.94. The maximum Gasteiger partial charge on any atom is 0.169 e. The normalized spacial score (nSPS) is 17.5. The molecule has 0 aromatic heterocycles. The molecule has 0 N–H and O–H groups in total. The largest absolute Gasteiger partial charge is 0.294 e. The summed E-state index contributed by atoms with van der Waals surface area (Å²) in [6, 6.07) is 2.21. The van der Waals surface area contributed by atoms with E-state index in [2.05, 4.69) is 47.6 Å². The predicted octanol–water partition coefficient (Wildman–Crippen LogP) is 5.71. The van der Waals surface area contributed by atoms with Crippen LogP contribution in [0, 0.1) is 39.0 Å². The Morgan fingerprint density at radius 2 is 1.52 bits per heavy atom. The van der Waals surface area contributed by atoms with Gasteiger partial charge in [-0.15, -0.1) is 0 Å². The van der Waals surface area contributed by atoms with Gasteiger partial charge in [0, 0.05) is 11.0 Å². The van der Waals surface area contributed by atoms with E-state index in [4.69, 9.17) is 0 Å². The summed E-state index contributed by atoms with van der Waals surface area (Å²) in [7, 11) is 0. The van der Waals surface area contributed by atoms with Crippen molar-refractivity contribution in [3.8, 4) is 0 Å². The lowest BCUT2D eigenvalue weighted by Gasteiger charge is -2.31. The molecular weight excluding hydrogens is 256 g/mol. The van der Waals surface area contributed by atoms with Crippen molar-refractivity contribution in [2.45, 2.75) is 73.6 Å². The standard InChI is InChI=1S/C20H30O/c1-13(2)12-20(9-7-8-10-20)19(21)18-16(5)14(3)11-15(4)17(18)6/h11,13H,7-10,12H2,1-6H3. The lowest BCUT2D eigenvalue weighted by molar-refractivity contribution is 0.0758. The second-order valence-electron chi connectivity index (χ2n) is 7.55. The molecule has 1 fully saturated rings. The third kappa shape index (κ3) is 2.93. The predicted molar refractivity (Wildman–Crippen MR) is 90.1 cm³/mol. The van der Waals surface area contributed by atoms with Gasteiger partial charge in [0.25, 0.3) is 0 Å². The zero-order chi connectivity index (χ0) is 15.8. The van der Waals surface area contributed by atoms with Crippen molar-refractivity contribution in [3.05, 3.63) is 33.9 Å². The number of ketones is 1. The molecule has 1 aromatic rings. The number of Topliss-reactive ketones (excluding diaryl/α,β-unsaturated/α-hetero) is 1. The van der Waals surface area contributed by atoms with E-state index in [0.29, 0.717) is 11.7 Å². The number of hydrogen-bond acceptors (Lipinski definition) is 1. The van der Waals surface area contributed by atoms with Crippen LogP contribution in [0.3, 0.4) is 0 Å². The van der Waals surface area contributed by atoms with E-state index in [1.165, 1.54) is 35.1 Å². The molecule has 116 valence electrons. The molecule has 0 unspecified atom stereocenters. The summed E-state index contributed by atoms with van der Waals surface area (Å²) >= 11 is 0. The van der Waals surface area contributed by atoms with Crippen LogP contribution >= 0.6 is 0 Å². The van der Waals surface area contributed by atoms with Gasteiger partial charge in [-0.25, -0.2) is 0 Å². The van der Waals surface area contributed by atoms with E-state index in [9.17, 15) is 4.79 Å². The zero-order valence-electron chi connectivity index (χ0n) is 14.6. The number of carbonyl (C=O) groups excluding carboxylic acids is 1. The molecule has 0 bridgehead atoms. The fourth-order valence-corrected chi connectivity index (χ4v) is 4.18. The first-order chi connectivity index (χ1) is 9.78. The maximum absolute atomic E-state index is 13.5. The average Bonchev–Trinajstić information content (AvgIpc) is 2.85. The zero-order valence-corrected chi connectivity index (χ0v) is 14.6. The molecule has 0 atom stereocenters. The smallest absolute Gasteiger partial charge is 0.169 e. The van der Waals surface area contributed by atoms with E-state index in [1.54, 1.807) is 0 Å². The van der Waals surface area contributed by atoms with Crippen molar-refractivity contribution in [3.63, 3.8) is 0 Å². The fraction of sp³-hybridized carbons (Fsp3) is 0.650. The van der Waals surface area contributed by atoms with Gasteiger partial charge in [0.05, 0.1) is 0 Å². The van der Waals surface area contributed by atoms with Gasteiger partial charge in [0.2, 0.25) is 0 Å². The first-order valence-electron chi connectivity index (χ1n) is 8.41. The molecule has 0 spiro atoms. The minimum Gasteiger partial charge on any atom is -0.294 e. The molecular formula is C20H30O. The summed E-state index contributed by atoms with van der Waals surface area (Å²) < 4.78 is 0. The van der Waals surface area contributed by atoms with E-state index < -0.39 is 0 Å². The van der Waals surface area contributed by atoms with Gasteiger partial charge >= 0.3 is 0 Å². The van der Waals surface area contributed by atoms with Crippen LogP contribution < -0.4 is 0 Å². The van der Waals surface area contributed by atoms with Gasteiger partial charge in [0.1, 0.15) is 0 Å². The van der Waals surface area contributed by atoms with Crippen molar-refractivity contribution in [2.24, 2.45) is 11.3 Å². The number of benzene rings is 1. The van der Waals surface area contributed by atoms with E-state index in [0.717, 1.165) is 24.8 Å². The molecule has 0 saturated heterocycles. The molecule has 1 aliphatic rings. The Hall–Kier alpha value is -1.11. The summed E-state index contributed by atoms with van der Waals surface area (Å²) in [6.45, 7) is 13.0. The van der Waals surface area contributed by atoms with Gasteiger partial charge in [0.15, 0.2) is 5.78 Å². The Labute approximate surface area is 130 Å². The Morgan fingerprint density at radius 3 is 1.95 bits per heavy atom. The highest BCUT2D eigenvalue weighted by molar-refractivity contribution is 6.03. The number of hydrogen-bond donors (Lipinski definition) is 0. The Kier molecular flexibility index (Phi) is 4.60. The van der Waals surface area contributed by atoms with Crippen LogP contribution in [0.25, 0.3) is 0 Å².